The van der Waals surface area contributed by atoms with Crippen LogP contribution in [0.15, 0.2) is 54.6 Å². The van der Waals surface area contributed by atoms with Crippen molar-refractivity contribution in [1.29, 1.82) is 0 Å². The number of nitrogens with two attached hydrogens (primary N) is 1. The molecular weight excluding hydrogens is 182 g/mol. The molecule has 0 saturated carbocycles. The van der Waals surface area contributed by atoms with Gasteiger partial charge in [-0.1, -0.05) is 48.5 Å². The van der Waals surface area contributed by atoms with Gasteiger partial charge in [0.2, 0.25) is 0 Å². The zero-order chi connectivity index (χ0) is 11.1. The van der Waals surface area contributed by atoms with Gasteiger partial charge in [0.1, 0.15) is 0 Å². The van der Waals surface area contributed by atoms with Crippen molar-refractivity contribution in [2.75, 3.05) is 5.73 Å². The fourth-order valence-electron chi connectivity index (χ4n) is 1.16. The van der Waals surface area contributed by atoms with Crippen LogP contribution in [0, 0.1) is 13.8 Å². The Bertz CT molecular complexity index is 346. The Balaban J connectivity index is 0.000000162. The third-order valence-electron chi connectivity index (χ3n) is 2.31. The molecule has 0 saturated heterocycles. The Hall–Kier alpha value is -1.76. The van der Waals surface area contributed by atoms with Gasteiger partial charge in [0.15, 0.2) is 0 Å². The van der Waals surface area contributed by atoms with Crippen LogP contribution in [0.1, 0.15) is 11.1 Å². The van der Waals surface area contributed by atoms with Gasteiger partial charge in [-0.2, -0.15) is 0 Å². The Morgan fingerprint density at radius 2 is 1.20 bits per heavy atom. The zero-order valence-corrected chi connectivity index (χ0v) is 9.27. The molecule has 2 rings (SSSR count). The van der Waals surface area contributed by atoms with Gasteiger partial charge in [-0.05, 0) is 31.0 Å². The third kappa shape index (κ3) is 3.86. The van der Waals surface area contributed by atoms with Crippen molar-refractivity contribution in [2.45, 2.75) is 13.8 Å². The molecule has 0 fully saturated rings. The smallest absolute Gasteiger partial charge is 0.0346 e. The van der Waals surface area contributed by atoms with Gasteiger partial charge in [0.05, 0.1) is 0 Å². The third-order valence-corrected chi connectivity index (χ3v) is 2.31. The van der Waals surface area contributed by atoms with Gasteiger partial charge in [-0.15, -0.1) is 0 Å². The van der Waals surface area contributed by atoms with Crippen molar-refractivity contribution in [1.82, 2.24) is 0 Å². The van der Waals surface area contributed by atoms with E-state index in [1.54, 1.807) is 0 Å². The second kappa shape index (κ2) is 5.86. The number of rotatable bonds is 0. The molecular formula is C14H17N. The second-order valence-electron chi connectivity index (χ2n) is 3.44. The number of aryl methyl sites for hydroxylation is 1. The van der Waals surface area contributed by atoms with Crippen LogP contribution in [-0.4, -0.2) is 0 Å². The maximum absolute atomic E-state index is 5.62. The largest absolute Gasteiger partial charge is 0.399 e. The fourth-order valence-corrected chi connectivity index (χ4v) is 1.16. The van der Waals surface area contributed by atoms with Crippen LogP contribution in [0.2, 0.25) is 0 Å². The van der Waals surface area contributed by atoms with E-state index in [2.05, 4.69) is 13.0 Å². The number of hydrogen-bond donors (Lipinski definition) is 1. The first-order valence-corrected chi connectivity index (χ1v) is 5.03. The molecule has 15 heavy (non-hydrogen) atoms. The molecule has 2 aromatic carbocycles. The fraction of sp³-hybridized carbons (Fsp3) is 0.143. The summed E-state index contributed by atoms with van der Waals surface area (Å²) in [7, 11) is 0. The highest BCUT2D eigenvalue weighted by molar-refractivity contribution is 5.49. The summed E-state index contributed by atoms with van der Waals surface area (Å²) >= 11 is 0. The Morgan fingerprint density at radius 1 is 0.733 bits per heavy atom. The summed E-state index contributed by atoms with van der Waals surface area (Å²) in [4.78, 5) is 0. The monoisotopic (exact) mass is 199 g/mol. The average molecular weight is 199 g/mol. The molecule has 0 atom stereocenters. The van der Waals surface area contributed by atoms with Crippen molar-refractivity contribution in [2.24, 2.45) is 0 Å². The van der Waals surface area contributed by atoms with Crippen LogP contribution in [0.25, 0.3) is 0 Å². The van der Waals surface area contributed by atoms with E-state index in [0.29, 0.717) is 0 Å². The van der Waals surface area contributed by atoms with Crippen molar-refractivity contribution in [3.05, 3.63) is 65.7 Å². The first-order valence-electron chi connectivity index (χ1n) is 5.03. The first-order chi connectivity index (χ1) is 7.22. The molecule has 0 heterocycles. The Kier molecular flexibility index (Phi) is 4.42. The van der Waals surface area contributed by atoms with Crippen molar-refractivity contribution in [3.8, 4) is 0 Å². The van der Waals surface area contributed by atoms with Crippen molar-refractivity contribution >= 4 is 5.69 Å². The minimum atomic E-state index is 0.884. The quantitative estimate of drug-likeness (QED) is 0.645. The van der Waals surface area contributed by atoms with E-state index in [0.717, 1.165) is 5.69 Å². The second-order valence-corrected chi connectivity index (χ2v) is 3.44. The molecule has 0 amide bonds. The number of anilines is 1. The van der Waals surface area contributed by atoms with Gasteiger partial charge in [0, 0.05) is 5.69 Å². The molecule has 0 bridgehead atoms. The van der Waals surface area contributed by atoms with Gasteiger partial charge < -0.3 is 5.73 Å². The van der Waals surface area contributed by atoms with E-state index >= 15 is 0 Å². The highest BCUT2D eigenvalue weighted by Gasteiger charge is 1.92. The molecule has 0 unspecified atom stereocenters. The predicted octanol–water partition coefficient (Wildman–Crippen LogP) is 3.57. The predicted molar refractivity (Wildman–Crippen MR) is 66.8 cm³/mol. The van der Waals surface area contributed by atoms with Crippen LogP contribution in [0.4, 0.5) is 5.69 Å². The van der Waals surface area contributed by atoms with E-state index in [9.17, 15) is 0 Å². The van der Waals surface area contributed by atoms with Crippen LogP contribution >= 0.6 is 0 Å². The number of benzene rings is 2. The summed E-state index contributed by atoms with van der Waals surface area (Å²) in [5, 5.41) is 0. The number of hydrogen-bond acceptors (Lipinski definition) is 1. The van der Waals surface area contributed by atoms with Crippen LogP contribution in [0.5, 0.6) is 0 Å². The average Bonchev–Trinajstić information content (AvgIpc) is 2.29. The van der Waals surface area contributed by atoms with Gasteiger partial charge in [0.25, 0.3) is 0 Å². The SMILES string of the molecule is Cc1cccc(N)c1C.c1ccccc1. The first kappa shape index (κ1) is 11.3. The lowest BCUT2D eigenvalue weighted by Gasteiger charge is -2.00. The van der Waals surface area contributed by atoms with E-state index in [4.69, 9.17) is 5.73 Å². The van der Waals surface area contributed by atoms with Crippen LogP contribution < -0.4 is 5.73 Å². The molecule has 0 aliphatic heterocycles. The number of nitrogen functional groups attached to an aromatic ring is 1. The molecule has 0 aromatic heterocycles. The van der Waals surface area contributed by atoms with E-state index in [1.807, 2.05) is 55.5 Å². The maximum Gasteiger partial charge on any atom is 0.0346 e. The summed E-state index contributed by atoms with van der Waals surface area (Å²) < 4.78 is 0. The lowest BCUT2D eigenvalue weighted by Crippen LogP contribution is -1.90. The Labute approximate surface area is 91.6 Å². The Morgan fingerprint density at radius 3 is 1.53 bits per heavy atom. The standard InChI is InChI=1S/C8H11N.C6H6/c1-6-4-3-5-8(9)7(6)2;1-2-4-6-5-3-1/h3-5H,9H2,1-2H3;1-6H. The summed E-state index contributed by atoms with van der Waals surface area (Å²) in [6, 6.07) is 18.0. The summed E-state index contributed by atoms with van der Waals surface area (Å²) in [5.74, 6) is 0. The maximum atomic E-state index is 5.62. The lowest BCUT2D eigenvalue weighted by molar-refractivity contribution is 1.35. The summed E-state index contributed by atoms with van der Waals surface area (Å²) in [6.07, 6.45) is 0. The van der Waals surface area contributed by atoms with Gasteiger partial charge >= 0.3 is 0 Å². The highest BCUT2D eigenvalue weighted by Crippen LogP contribution is 2.13. The van der Waals surface area contributed by atoms with Crippen molar-refractivity contribution < 1.29 is 0 Å². The van der Waals surface area contributed by atoms with E-state index in [-0.39, 0.29) is 0 Å². The minimum Gasteiger partial charge on any atom is -0.399 e. The molecule has 1 nitrogen and oxygen atoms in total. The topological polar surface area (TPSA) is 26.0 Å². The highest BCUT2D eigenvalue weighted by atomic mass is 14.5. The summed E-state index contributed by atoms with van der Waals surface area (Å²) in [5.41, 5.74) is 8.96. The lowest BCUT2D eigenvalue weighted by atomic mass is 10.1. The van der Waals surface area contributed by atoms with Crippen molar-refractivity contribution in [3.63, 3.8) is 0 Å². The molecule has 0 radical (unpaired) electrons. The van der Waals surface area contributed by atoms with E-state index in [1.165, 1.54) is 11.1 Å². The normalized spacial score (nSPS) is 8.93. The van der Waals surface area contributed by atoms with Gasteiger partial charge in [-0.25, -0.2) is 0 Å². The van der Waals surface area contributed by atoms with Crippen LogP contribution in [0.3, 0.4) is 0 Å². The van der Waals surface area contributed by atoms with E-state index < -0.39 is 0 Å². The molecule has 78 valence electrons. The van der Waals surface area contributed by atoms with Crippen LogP contribution in [-0.2, 0) is 0 Å². The molecule has 2 N–H and O–H groups in total. The molecule has 1 heteroatoms. The summed E-state index contributed by atoms with van der Waals surface area (Å²) in [6.45, 7) is 4.09. The molecule has 0 aliphatic carbocycles. The van der Waals surface area contributed by atoms with Gasteiger partial charge in [-0.3, -0.25) is 0 Å². The zero-order valence-electron chi connectivity index (χ0n) is 9.27. The molecule has 2 aromatic rings. The minimum absolute atomic E-state index is 0.884. The molecule has 0 spiro atoms. The molecule has 0 aliphatic rings.